The number of nitrogens with zero attached hydrogens (tertiary/aromatic N) is 2. The minimum Gasteiger partial charge on any atom is -0.225 e. The molecule has 96 valence electrons. The topological polar surface area (TPSA) is 52.0 Å². The van der Waals surface area contributed by atoms with E-state index in [1.165, 1.54) is 3.97 Å². The lowest BCUT2D eigenvalue weighted by Gasteiger charge is -2.08. The Kier molecular flexibility index (Phi) is 4.02. The predicted octanol–water partition coefficient (Wildman–Crippen LogP) is 2.95. The largest absolute Gasteiger partial charge is 0.270 e. The number of imidazole rings is 1. The molecule has 0 N–H and O–H groups in total. The number of aromatic nitrogens is 2. The molecule has 0 aliphatic heterocycles. The predicted molar refractivity (Wildman–Crippen MR) is 86.2 cm³/mol. The van der Waals surface area contributed by atoms with Gasteiger partial charge in [-0.2, -0.15) is 0 Å². The molecule has 0 saturated carbocycles. The van der Waals surface area contributed by atoms with Gasteiger partial charge in [0.1, 0.15) is 13.2 Å². The summed E-state index contributed by atoms with van der Waals surface area (Å²) >= 11 is 4.03. The molecule has 0 radical (unpaired) electrons. The van der Waals surface area contributed by atoms with Gasteiger partial charge in [-0.3, -0.25) is 0 Å². The van der Waals surface area contributed by atoms with E-state index in [9.17, 15) is 8.42 Å². The summed E-state index contributed by atoms with van der Waals surface area (Å²) in [5, 5.41) is 0. The fourth-order valence-corrected chi connectivity index (χ4v) is 4.93. The van der Waals surface area contributed by atoms with Crippen LogP contribution in [0.5, 0.6) is 0 Å². The van der Waals surface area contributed by atoms with Gasteiger partial charge < -0.3 is 0 Å². The molecule has 18 heavy (non-hydrogen) atoms. The molecule has 0 atom stereocenters. The first-order valence-corrected chi connectivity index (χ1v) is 8.66. The van der Waals surface area contributed by atoms with Gasteiger partial charge in [0.15, 0.2) is 0 Å². The average molecular weight is 488 g/mol. The Morgan fingerprint density at radius 1 is 1.11 bits per heavy atom. The molecule has 0 unspecified atom stereocenters. The maximum atomic E-state index is 12.5. The first-order valence-electron chi connectivity index (χ1n) is 5.06. The van der Waals surface area contributed by atoms with Gasteiger partial charge >= 0.3 is 0 Å². The van der Waals surface area contributed by atoms with Crippen molar-refractivity contribution in [3.8, 4) is 0 Å². The van der Waals surface area contributed by atoms with Crippen molar-refractivity contribution >= 4 is 55.2 Å². The fraction of sp³-hybridized carbons (Fsp3) is 0.182. The molecule has 0 aliphatic carbocycles. The van der Waals surface area contributed by atoms with Crippen molar-refractivity contribution in [1.29, 1.82) is 0 Å². The van der Waals surface area contributed by atoms with Gasteiger partial charge in [0.2, 0.25) is 0 Å². The Hall–Kier alpha value is -0.160. The van der Waals surface area contributed by atoms with Crippen LogP contribution in [0.3, 0.4) is 0 Å². The number of hydrogen-bond donors (Lipinski definition) is 0. The van der Waals surface area contributed by atoms with E-state index >= 15 is 0 Å². The Bertz CT molecular complexity index is 691. The van der Waals surface area contributed by atoms with Crippen LogP contribution in [-0.4, -0.2) is 17.4 Å². The lowest BCUT2D eigenvalue weighted by Crippen LogP contribution is -2.16. The summed E-state index contributed by atoms with van der Waals surface area (Å²) in [6, 6.07) is 6.81. The fourth-order valence-electron chi connectivity index (χ4n) is 1.55. The minimum atomic E-state index is -3.55. The lowest BCUT2D eigenvalue weighted by atomic mass is 10.2. The monoisotopic (exact) mass is 488 g/mol. The van der Waals surface area contributed by atoms with Crippen molar-refractivity contribution in [1.82, 2.24) is 8.96 Å². The number of rotatable bonds is 2. The van der Waals surface area contributed by atoms with E-state index in [1.807, 2.05) is 52.1 Å². The summed E-state index contributed by atoms with van der Waals surface area (Å²) < 4.78 is 27.6. The first kappa shape index (κ1) is 14.3. The number of benzene rings is 1. The molecule has 7 heteroatoms. The Morgan fingerprint density at radius 3 is 2.11 bits per heavy atom. The quantitative estimate of drug-likeness (QED) is 0.612. The molecule has 2 aromatic rings. The zero-order chi connectivity index (χ0) is 13.5. The van der Waals surface area contributed by atoms with E-state index in [-0.39, 0.29) is 4.90 Å². The summed E-state index contributed by atoms with van der Waals surface area (Å²) in [7, 11) is -3.55. The number of halogens is 2. The second-order valence-corrected chi connectivity index (χ2v) is 7.65. The van der Waals surface area contributed by atoms with Crippen LogP contribution in [-0.2, 0) is 10.0 Å². The zero-order valence-corrected chi connectivity index (χ0v) is 14.8. The van der Waals surface area contributed by atoms with E-state index < -0.39 is 10.0 Å². The molecule has 0 bridgehead atoms. The van der Waals surface area contributed by atoms with E-state index in [4.69, 9.17) is 0 Å². The molecular weight excluding hydrogens is 478 g/mol. The third-order valence-electron chi connectivity index (χ3n) is 2.46. The van der Waals surface area contributed by atoms with Crippen LogP contribution in [0.25, 0.3) is 0 Å². The molecule has 0 fully saturated rings. The molecule has 1 aromatic heterocycles. The van der Waals surface area contributed by atoms with E-state index in [0.717, 1.165) is 5.56 Å². The molecule has 0 aliphatic rings. The Labute approximate surface area is 133 Å². The summed E-state index contributed by atoms with van der Waals surface area (Å²) in [5.74, 6) is 0.476. The van der Waals surface area contributed by atoms with Crippen molar-refractivity contribution in [3.63, 3.8) is 0 Å². The van der Waals surface area contributed by atoms with E-state index in [2.05, 4.69) is 4.98 Å². The summed E-state index contributed by atoms with van der Waals surface area (Å²) in [6.07, 6.45) is 0. The Morgan fingerprint density at radius 2 is 1.67 bits per heavy atom. The molecule has 4 nitrogen and oxygen atoms in total. The molecule has 0 spiro atoms. The van der Waals surface area contributed by atoms with Crippen LogP contribution >= 0.6 is 45.2 Å². The standard InChI is InChI=1S/C11H10I2N2O2S/c1-7-3-5-9(6-4-7)18(16,17)15-8(2)14-10(12)11(15)13/h3-6H,1-2H3. The van der Waals surface area contributed by atoms with Crippen molar-refractivity contribution in [2.75, 3.05) is 0 Å². The van der Waals surface area contributed by atoms with Crippen LogP contribution in [0.2, 0.25) is 0 Å². The summed E-state index contributed by atoms with van der Waals surface area (Å²) in [4.78, 5) is 4.46. The van der Waals surface area contributed by atoms with Crippen LogP contribution in [0, 0.1) is 21.2 Å². The molecule has 0 amide bonds. The van der Waals surface area contributed by atoms with Crippen LogP contribution < -0.4 is 0 Å². The normalized spacial score (nSPS) is 11.8. The van der Waals surface area contributed by atoms with Crippen LogP contribution in [0.15, 0.2) is 29.2 Å². The molecule has 2 rings (SSSR count). The summed E-state index contributed by atoms with van der Waals surface area (Å²) in [6.45, 7) is 3.61. The van der Waals surface area contributed by atoms with Gasteiger partial charge in [0.05, 0.1) is 4.90 Å². The van der Waals surface area contributed by atoms with E-state index in [0.29, 0.717) is 13.2 Å². The molecular formula is C11H10I2N2O2S. The van der Waals surface area contributed by atoms with Crippen molar-refractivity contribution in [2.24, 2.45) is 0 Å². The molecule has 1 aromatic carbocycles. The first-order chi connectivity index (χ1) is 8.34. The molecule has 1 heterocycles. The van der Waals surface area contributed by atoms with E-state index in [1.54, 1.807) is 31.2 Å². The van der Waals surface area contributed by atoms with Crippen molar-refractivity contribution < 1.29 is 8.42 Å². The van der Waals surface area contributed by atoms with Gasteiger partial charge in [-0.15, -0.1) is 0 Å². The third-order valence-corrected chi connectivity index (χ3v) is 7.36. The Balaban J connectivity index is 2.65. The van der Waals surface area contributed by atoms with Crippen molar-refractivity contribution in [2.45, 2.75) is 18.7 Å². The molecule has 0 saturated heterocycles. The van der Waals surface area contributed by atoms with Gasteiger partial charge in [0.25, 0.3) is 10.0 Å². The summed E-state index contributed by atoms with van der Waals surface area (Å²) in [5.41, 5.74) is 1.03. The van der Waals surface area contributed by atoms with Gasteiger partial charge in [-0.05, 0) is 71.2 Å². The second-order valence-electron chi connectivity index (χ2n) is 3.82. The van der Waals surface area contributed by atoms with Gasteiger partial charge in [0, 0.05) is 0 Å². The SMILES string of the molecule is Cc1ccc(S(=O)(=O)n2c(C)nc(I)c2I)cc1. The highest BCUT2D eigenvalue weighted by Crippen LogP contribution is 2.23. The minimum absolute atomic E-state index is 0.280. The smallest absolute Gasteiger partial charge is 0.225 e. The third kappa shape index (κ3) is 2.44. The van der Waals surface area contributed by atoms with Crippen LogP contribution in [0.1, 0.15) is 11.4 Å². The number of hydrogen-bond acceptors (Lipinski definition) is 3. The van der Waals surface area contributed by atoms with Gasteiger partial charge in [-0.1, -0.05) is 17.7 Å². The van der Waals surface area contributed by atoms with Gasteiger partial charge in [-0.25, -0.2) is 17.4 Å². The lowest BCUT2D eigenvalue weighted by molar-refractivity contribution is 0.584. The average Bonchev–Trinajstić information content (AvgIpc) is 2.54. The highest BCUT2D eigenvalue weighted by atomic mass is 127. The highest BCUT2D eigenvalue weighted by Gasteiger charge is 2.23. The van der Waals surface area contributed by atoms with Crippen molar-refractivity contribution in [3.05, 3.63) is 43.1 Å². The maximum Gasteiger partial charge on any atom is 0.270 e. The maximum absolute atomic E-state index is 12.5. The second kappa shape index (κ2) is 5.08. The number of aryl methyl sites for hydroxylation is 2. The van der Waals surface area contributed by atoms with Crippen LogP contribution in [0.4, 0.5) is 0 Å². The zero-order valence-electron chi connectivity index (χ0n) is 9.68. The highest BCUT2D eigenvalue weighted by molar-refractivity contribution is 14.1.